The van der Waals surface area contributed by atoms with E-state index in [0.717, 1.165) is 0 Å². The molecule has 0 aromatic heterocycles. The Labute approximate surface area is 107 Å². The van der Waals surface area contributed by atoms with Crippen LogP contribution in [0.2, 0.25) is 0 Å². The number of nitro benzene ring substituents is 1. The predicted molar refractivity (Wildman–Crippen MR) is 67.6 cm³/mol. The van der Waals surface area contributed by atoms with Crippen LogP contribution in [-0.4, -0.2) is 10.8 Å². The van der Waals surface area contributed by atoms with Crippen LogP contribution in [0, 0.1) is 10.1 Å². The molecule has 6 nitrogen and oxygen atoms in total. The summed E-state index contributed by atoms with van der Waals surface area (Å²) in [6.07, 6.45) is 0. The quantitative estimate of drug-likeness (QED) is 0.628. The lowest BCUT2D eigenvalue weighted by atomic mass is 10.1. The third kappa shape index (κ3) is 1.89. The summed E-state index contributed by atoms with van der Waals surface area (Å²) in [5.41, 5.74) is 0.528. The van der Waals surface area contributed by atoms with Gasteiger partial charge in [0.2, 0.25) is 0 Å². The number of rotatable bonds is 1. The molecule has 6 heteroatoms. The molecule has 19 heavy (non-hydrogen) atoms. The van der Waals surface area contributed by atoms with E-state index in [1.165, 1.54) is 18.2 Å². The van der Waals surface area contributed by atoms with Gasteiger partial charge in [-0.05, 0) is 18.2 Å². The van der Waals surface area contributed by atoms with E-state index in [9.17, 15) is 14.9 Å². The van der Waals surface area contributed by atoms with E-state index in [2.05, 4.69) is 5.32 Å². The molecule has 0 spiro atoms. The summed E-state index contributed by atoms with van der Waals surface area (Å²) in [4.78, 5) is 22.2. The largest absolute Gasteiger partial charge is 0.454 e. The SMILES string of the molecule is O=C1Nc2ccccc2Oc2ccc([N+](=O)[O-])cc21. The highest BCUT2D eigenvalue weighted by Gasteiger charge is 2.23. The van der Waals surface area contributed by atoms with E-state index >= 15 is 0 Å². The Hall–Kier alpha value is -2.89. The third-order valence-corrected chi connectivity index (χ3v) is 2.77. The van der Waals surface area contributed by atoms with E-state index in [4.69, 9.17) is 4.74 Å². The van der Waals surface area contributed by atoms with Gasteiger partial charge in [0.25, 0.3) is 11.6 Å². The molecule has 0 radical (unpaired) electrons. The van der Waals surface area contributed by atoms with E-state index in [0.29, 0.717) is 17.2 Å². The van der Waals surface area contributed by atoms with Gasteiger partial charge in [-0.3, -0.25) is 14.9 Å². The molecule has 1 heterocycles. The maximum atomic E-state index is 12.0. The van der Waals surface area contributed by atoms with Crippen LogP contribution in [0.4, 0.5) is 11.4 Å². The summed E-state index contributed by atoms with van der Waals surface area (Å²) < 4.78 is 5.60. The van der Waals surface area contributed by atoms with Gasteiger partial charge in [0.1, 0.15) is 5.75 Å². The zero-order valence-corrected chi connectivity index (χ0v) is 9.62. The first-order chi connectivity index (χ1) is 9.15. The fourth-order valence-electron chi connectivity index (χ4n) is 1.86. The first-order valence-corrected chi connectivity index (χ1v) is 5.52. The second-order valence-corrected chi connectivity index (χ2v) is 3.99. The lowest BCUT2D eigenvalue weighted by Gasteiger charge is -2.06. The molecular formula is C13H8N2O4. The van der Waals surface area contributed by atoms with Crippen molar-refractivity contribution in [2.45, 2.75) is 0 Å². The number of amides is 1. The van der Waals surface area contributed by atoms with Crippen LogP contribution in [0.5, 0.6) is 11.5 Å². The molecule has 1 amide bonds. The van der Waals surface area contributed by atoms with Crippen LogP contribution in [0.15, 0.2) is 42.5 Å². The number of nitrogens with one attached hydrogen (secondary N) is 1. The first kappa shape index (κ1) is 11.2. The highest BCUT2D eigenvalue weighted by Crippen LogP contribution is 2.36. The van der Waals surface area contributed by atoms with E-state index in [1.54, 1.807) is 24.3 Å². The second kappa shape index (κ2) is 4.09. The summed E-state index contributed by atoms with van der Waals surface area (Å²) in [6, 6.07) is 10.9. The summed E-state index contributed by atoms with van der Waals surface area (Å²) in [5.74, 6) is 0.375. The highest BCUT2D eigenvalue weighted by atomic mass is 16.6. The Bertz CT molecular complexity index is 697. The van der Waals surface area contributed by atoms with E-state index < -0.39 is 10.8 Å². The van der Waals surface area contributed by atoms with Crippen molar-refractivity contribution < 1.29 is 14.5 Å². The Balaban J connectivity index is 2.13. The minimum absolute atomic E-state index is 0.144. The molecule has 0 aliphatic carbocycles. The summed E-state index contributed by atoms with van der Waals surface area (Å²) >= 11 is 0. The number of non-ortho nitro benzene ring substituents is 1. The molecule has 0 fully saturated rings. The number of hydrogen-bond acceptors (Lipinski definition) is 4. The Morgan fingerprint density at radius 1 is 1.11 bits per heavy atom. The van der Waals surface area contributed by atoms with Gasteiger partial charge >= 0.3 is 0 Å². The molecular weight excluding hydrogens is 248 g/mol. The van der Waals surface area contributed by atoms with Crippen molar-refractivity contribution >= 4 is 17.3 Å². The van der Waals surface area contributed by atoms with E-state index in [1.807, 2.05) is 0 Å². The van der Waals surface area contributed by atoms with Crippen LogP contribution in [0.25, 0.3) is 0 Å². The maximum Gasteiger partial charge on any atom is 0.270 e. The minimum atomic E-state index is -0.550. The number of ether oxygens (including phenoxy) is 1. The van der Waals surface area contributed by atoms with Crippen LogP contribution in [-0.2, 0) is 0 Å². The predicted octanol–water partition coefficient (Wildman–Crippen LogP) is 2.95. The number of anilines is 1. The Morgan fingerprint density at radius 3 is 2.68 bits per heavy atom. The monoisotopic (exact) mass is 256 g/mol. The smallest absolute Gasteiger partial charge is 0.270 e. The molecule has 0 saturated heterocycles. The van der Waals surface area contributed by atoms with Gasteiger partial charge in [0.05, 0.1) is 16.2 Å². The molecule has 2 aromatic carbocycles. The van der Waals surface area contributed by atoms with Crippen molar-refractivity contribution in [3.63, 3.8) is 0 Å². The van der Waals surface area contributed by atoms with Gasteiger partial charge < -0.3 is 10.1 Å². The zero-order valence-electron chi connectivity index (χ0n) is 9.62. The molecule has 1 aliphatic rings. The Morgan fingerprint density at radius 2 is 1.89 bits per heavy atom. The minimum Gasteiger partial charge on any atom is -0.454 e. The molecule has 94 valence electrons. The lowest BCUT2D eigenvalue weighted by Crippen LogP contribution is -2.10. The van der Waals surface area contributed by atoms with Crippen LogP contribution >= 0.6 is 0 Å². The van der Waals surface area contributed by atoms with Crippen LogP contribution in [0.3, 0.4) is 0 Å². The van der Waals surface area contributed by atoms with Gasteiger partial charge in [-0.15, -0.1) is 0 Å². The van der Waals surface area contributed by atoms with Gasteiger partial charge in [-0.25, -0.2) is 0 Å². The van der Waals surface area contributed by atoms with Crippen molar-refractivity contribution in [2.75, 3.05) is 5.32 Å². The topological polar surface area (TPSA) is 81.5 Å². The van der Waals surface area contributed by atoms with Crippen molar-refractivity contribution in [2.24, 2.45) is 0 Å². The molecule has 0 atom stereocenters. The Kier molecular flexibility index (Phi) is 2.42. The summed E-state index contributed by atoms with van der Waals surface area (Å²) in [5, 5.41) is 13.4. The number of fused-ring (bicyclic) bond motifs is 2. The average molecular weight is 256 g/mol. The number of nitro groups is 1. The normalized spacial score (nSPS) is 12.5. The van der Waals surface area contributed by atoms with Crippen molar-refractivity contribution in [3.05, 3.63) is 58.1 Å². The van der Waals surface area contributed by atoms with Crippen molar-refractivity contribution in [1.29, 1.82) is 0 Å². The number of nitrogens with zero attached hydrogens (tertiary/aromatic N) is 1. The number of carbonyl (C=O) groups excluding carboxylic acids is 1. The van der Waals surface area contributed by atoms with Gasteiger partial charge in [0.15, 0.2) is 5.75 Å². The highest BCUT2D eigenvalue weighted by molar-refractivity contribution is 6.08. The number of hydrogen-bond donors (Lipinski definition) is 1. The van der Waals surface area contributed by atoms with Crippen molar-refractivity contribution in [1.82, 2.24) is 0 Å². The van der Waals surface area contributed by atoms with Crippen molar-refractivity contribution in [3.8, 4) is 11.5 Å². The van der Waals surface area contributed by atoms with Gasteiger partial charge in [-0.1, -0.05) is 12.1 Å². The maximum absolute atomic E-state index is 12.0. The molecule has 2 aromatic rings. The molecule has 0 unspecified atom stereocenters. The molecule has 0 saturated carbocycles. The summed E-state index contributed by atoms with van der Waals surface area (Å²) in [6.45, 7) is 0. The number of benzene rings is 2. The molecule has 1 aliphatic heterocycles. The third-order valence-electron chi connectivity index (χ3n) is 2.77. The lowest BCUT2D eigenvalue weighted by molar-refractivity contribution is -0.384. The van der Waals surface area contributed by atoms with E-state index in [-0.39, 0.29) is 11.3 Å². The number of carbonyl (C=O) groups is 1. The molecule has 1 N–H and O–H groups in total. The van der Waals surface area contributed by atoms with Gasteiger partial charge in [-0.2, -0.15) is 0 Å². The fraction of sp³-hybridized carbons (Fsp3) is 0. The van der Waals surface area contributed by atoms with Crippen LogP contribution in [0.1, 0.15) is 10.4 Å². The second-order valence-electron chi connectivity index (χ2n) is 3.99. The molecule has 0 bridgehead atoms. The summed E-state index contributed by atoms with van der Waals surface area (Å²) in [7, 11) is 0. The zero-order chi connectivity index (χ0) is 13.4. The molecule has 3 rings (SSSR count). The standard InChI is InChI=1S/C13H8N2O4/c16-13-9-7-8(15(17)18)5-6-11(9)19-12-4-2-1-3-10(12)14-13/h1-7H,(H,14,16). The van der Waals surface area contributed by atoms with Crippen LogP contribution < -0.4 is 10.1 Å². The van der Waals surface area contributed by atoms with Gasteiger partial charge in [0, 0.05) is 12.1 Å². The number of para-hydroxylation sites is 2. The fourth-order valence-corrected chi connectivity index (χ4v) is 1.86. The first-order valence-electron chi connectivity index (χ1n) is 5.52. The average Bonchev–Trinajstić information content (AvgIpc) is 2.54.